The monoisotopic (exact) mass is 202 g/mol. The molecule has 0 aromatic carbocycles. The van der Waals surface area contributed by atoms with Crippen LogP contribution in [0, 0.1) is 0 Å². The van der Waals surface area contributed by atoms with Gasteiger partial charge in [0.2, 0.25) is 5.91 Å². The van der Waals surface area contributed by atoms with Crippen LogP contribution in [0.2, 0.25) is 0 Å². The van der Waals surface area contributed by atoms with Gasteiger partial charge in [-0.2, -0.15) is 0 Å². The van der Waals surface area contributed by atoms with Gasteiger partial charge in [0, 0.05) is 46.8 Å². The third-order valence-corrected chi connectivity index (χ3v) is 2.34. The van der Waals surface area contributed by atoms with E-state index in [1.54, 1.807) is 14.2 Å². The fraction of sp³-hybridized carbons (Fsp3) is 0.889. The molecule has 0 saturated carbocycles. The first-order valence-corrected chi connectivity index (χ1v) is 4.81. The van der Waals surface area contributed by atoms with E-state index in [0.717, 1.165) is 13.1 Å². The summed E-state index contributed by atoms with van der Waals surface area (Å²) in [6.45, 7) is 3.05. The van der Waals surface area contributed by atoms with Crippen molar-refractivity contribution in [2.24, 2.45) is 0 Å². The average Bonchev–Trinajstić information content (AvgIpc) is 2.40. The van der Waals surface area contributed by atoms with E-state index in [0.29, 0.717) is 19.5 Å². The number of hydrogen-bond acceptors (Lipinski definition) is 4. The van der Waals surface area contributed by atoms with Crippen LogP contribution >= 0.6 is 0 Å². The van der Waals surface area contributed by atoms with Crippen molar-refractivity contribution in [3.05, 3.63) is 0 Å². The van der Waals surface area contributed by atoms with Gasteiger partial charge in [-0.05, 0) is 0 Å². The Morgan fingerprint density at radius 1 is 1.43 bits per heavy atom. The first-order chi connectivity index (χ1) is 6.76. The van der Waals surface area contributed by atoms with E-state index in [1.807, 2.05) is 0 Å². The maximum atomic E-state index is 11.1. The van der Waals surface area contributed by atoms with Crippen molar-refractivity contribution >= 4 is 5.91 Å². The Hall–Kier alpha value is -0.650. The van der Waals surface area contributed by atoms with Gasteiger partial charge >= 0.3 is 0 Å². The predicted octanol–water partition coefficient (Wildman–Crippen LogP) is -0.573. The Morgan fingerprint density at radius 3 is 2.79 bits per heavy atom. The van der Waals surface area contributed by atoms with Crippen LogP contribution in [0.25, 0.3) is 0 Å². The highest BCUT2D eigenvalue weighted by atomic mass is 16.7. The second-order valence-corrected chi connectivity index (χ2v) is 3.30. The van der Waals surface area contributed by atoms with E-state index in [9.17, 15) is 4.79 Å². The summed E-state index contributed by atoms with van der Waals surface area (Å²) in [6.07, 6.45) is 0.350. The van der Waals surface area contributed by atoms with Gasteiger partial charge in [-0.25, -0.2) is 0 Å². The van der Waals surface area contributed by atoms with Crippen molar-refractivity contribution in [1.82, 2.24) is 10.2 Å². The van der Waals surface area contributed by atoms with Crippen LogP contribution in [0.1, 0.15) is 6.42 Å². The van der Waals surface area contributed by atoms with Crippen molar-refractivity contribution in [2.75, 3.05) is 40.4 Å². The van der Waals surface area contributed by atoms with Crippen LogP contribution in [0.4, 0.5) is 0 Å². The lowest BCUT2D eigenvalue weighted by molar-refractivity contribution is -0.122. The molecule has 14 heavy (non-hydrogen) atoms. The zero-order valence-electron chi connectivity index (χ0n) is 8.78. The molecule has 0 atom stereocenters. The van der Waals surface area contributed by atoms with E-state index in [1.165, 1.54) is 0 Å². The summed E-state index contributed by atoms with van der Waals surface area (Å²) in [5.41, 5.74) is 0. The first-order valence-electron chi connectivity index (χ1n) is 4.81. The van der Waals surface area contributed by atoms with E-state index < -0.39 is 0 Å². The third kappa shape index (κ3) is 3.61. The molecule has 0 aliphatic carbocycles. The summed E-state index contributed by atoms with van der Waals surface area (Å²) in [5, 5.41) is 2.82. The number of methoxy groups -OCH3 is 2. The molecule has 0 radical (unpaired) electrons. The van der Waals surface area contributed by atoms with Gasteiger partial charge in [-0.3, -0.25) is 9.69 Å². The fourth-order valence-electron chi connectivity index (χ4n) is 1.45. The van der Waals surface area contributed by atoms with E-state index in [4.69, 9.17) is 9.47 Å². The van der Waals surface area contributed by atoms with Crippen LogP contribution in [0.5, 0.6) is 0 Å². The molecule has 1 aliphatic rings. The number of hydrogen-bond donors (Lipinski definition) is 1. The Morgan fingerprint density at radius 2 is 2.14 bits per heavy atom. The number of ether oxygens (including phenoxy) is 2. The van der Waals surface area contributed by atoms with Gasteiger partial charge in [0.25, 0.3) is 0 Å². The summed E-state index contributed by atoms with van der Waals surface area (Å²) >= 11 is 0. The van der Waals surface area contributed by atoms with Gasteiger partial charge < -0.3 is 14.8 Å². The summed E-state index contributed by atoms with van der Waals surface area (Å²) in [4.78, 5) is 13.2. The number of amides is 1. The maximum Gasteiger partial charge on any atom is 0.221 e. The molecule has 0 unspecified atom stereocenters. The van der Waals surface area contributed by atoms with E-state index in [-0.39, 0.29) is 12.2 Å². The Balaban J connectivity index is 2.32. The smallest absolute Gasteiger partial charge is 0.221 e. The second-order valence-electron chi connectivity index (χ2n) is 3.30. The molecule has 1 N–H and O–H groups in total. The normalized spacial score (nSPS) is 19.5. The Labute approximate surface area is 84.4 Å². The lowest BCUT2D eigenvalue weighted by Crippen LogP contribution is -2.36. The van der Waals surface area contributed by atoms with Gasteiger partial charge in [0.1, 0.15) is 0 Å². The number of carbonyl (C=O) groups excluding carboxylic acids is 1. The van der Waals surface area contributed by atoms with Crippen LogP contribution in [-0.2, 0) is 14.3 Å². The molecule has 82 valence electrons. The van der Waals surface area contributed by atoms with Crippen LogP contribution < -0.4 is 5.32 Å². The number of nitrogens with zero attached hydrogens (tertiary/aromatic N) is 1. The minimum atomic E-state index is -0.205. The Kier molecular flexibility index (Phi) is 4.86. The van der Waals surface area contributed by atoms with Crippen molar-refractivity contribution in [2.45, 2.75) is 12.7 Å². The minimum Gasteiger partial charge on any atom is -0.355 e. The number of nitrogens with one attached hydrogen (secondary N) is 1. The SMILES string of the molecule is COC(CN1CCNC(=O)CC1)OC. The molecular formula is C9H18N2O3. The average molecular weight is 202 g/mol. The molecule has 0 aromatic rings. The standard InChI is InChI=1S/C9H18N2O3/c1-13-9(14-2)7-11-5-3-8(12)10-4-6-11/h9H,3-7H2,1-2H3,(H,10,12). The summed E-state index contributed by atoms with van der Waals surface area (Å²) in [7, 11) is 3.24. The van der Waals surface area contributed by atoms with Gasteiger partial charge in [-0.15, -0.1) is 0 Å². The molecule has 1 fully saturated rings. The topological polar surface area (TPSA) is 50.8 Å². The molecule has 0 aromatic heterocycles. The molecule has 0 spiro atoms. The molecule has 1 saturated heterocycles. The highest BCUT2D eigenvalue weighted by Crippen LogP contribution is 2.00. The molecule has 1 heterocycles. The number of carbonyl (C=O) groups is 1. The van der Waals surface area contributed by atoms with Crippen molar-refractivity contribution in [1.29, 1.82) is 0 Å². The van der Waals surface area contributed by atoms with Gasteiger partial charge in [0.15, 0.2) is 6.29 Å². The van der Waals surface area contributed by atoms with Crippen LogP contribution in [0.15, 0.2) is 0 Å². The fourth-order valence-corrected chi connectivity index (χ4v) is 1.45. The van der Waals surface area contributed by atoms with Crippen molar-refractivity contribution in [3.8, 4) is 0 Å². The molecule has 1 aliphatic heterocycles. The second kappa shape index (κ2) is 5.95. The minimum absolute atomic E-state index is 0.124. The van der Waals surface area contributed by atoms with Crippen LogP contribution in [-0.4, -0.2) is 57.5 Å². The molecule has 1 amide bonds. The molecule has 5 heteroatoms. The van der Waals surface area contributed by atoms with Crippen molar-refractivity contribution < 1.29 is 14.3 Å². The molecular weight excluding hydrogens is 184 g/mol. The van der Waals surface area contributed by atoms with Gasteiger partial charge in [-0.1, -0.05) is 0 Å². The quantitative estimate of drug-likeness (QED) is 0.620. The van der Waals surface area contributed by atoms with E-state index in [2.05, 4.69) is 10.2 Å². The lowest BCUT2D eigenvalue weighted by Gasteiger charge is -2.23. The summed E-state index contributed by atoms with van der Waals surface area (Å²) in [6, 6.07) is 0. The molecule has 1 rings (SSSR count). The van der Waals surface area contributed by atoms with Gasteiger partial charge in [0.05, 0.1) is 0 Å². The highest BCUT2D eigenvalue weighted by Gasteiger charge is 2.16. The molecule has 0 bridgehead atoms. The Bertz CT molecular complexity index is 183. The zero-order valence-corrected chi connectivity index (χ0v) is 8.78. The maximum absolute atomic E-state index is 11.1. The highest BCUT2D eigenvalue weighted by molar-refractivity contribution is 5.76. The zero-order chi connectivity index (χ0) is 10.4. The first kappa shape index (κ1) is 11.4. The predicted molar refractivity (Wildman–Crippen MR) is 51.9 cm³/mol. The third-order valence-electron chi connectivity index (χ3n) is 2.34. The van der Waals surface area contributed by atoms with E-state index >= 15 is 0 Å². The summed E-state index contributed by atoms with van der Waals surface area (Å²) < 4.78 is 10.2. The lowest BCUT2D eigenvalue weighted by atomic mass is 10.4. The summed E-state index contributed by atoms with van der Waals surface area (Å²) in [5.74, 6) is 0.124. The molecule has 5 nitrogen and oxygen atoms in total. The van der Waals surface area contributed by atoms with Crippen molar-refractivity contribution in [3.63, 3.8) is 0 Å². The number of rotatable bonds is 4. The van der Waals surface area contributed by atoms with Crippen LogP contribution in [0.3, 0.4) is 0 Å². The largest absolute Gasteiger partial charge is 0.355 e.